The number of nitrogens with zero attached hydrogens (tertiary/aromatic N) is 2. The van der Waals surface area contributed by atoms with Crippen LogP contribution in [0.15, 0.2) is 16.9 Å². The molecule has 5 heteroatoms. The van der Waals surface area contributed by atoms with Gasteiger partial charge in [-0.25, -0.2) is 9.97 Å². The van der Waals surface area contributed by atoms with E-state index in [2.05, 4.69) is 37.8 Å². The van der Waals surface area contributed by atoms with Gasteiger partial charge in [0.2, 0.25) is 0 Å². The number of H-pyrrole nitrogens is 1. The van der Waals surface area contributed by atoms with Crippen LogP contribution in [0.1, 0.15) is 49.5 Å². The number of Topliss-reactive ketones (excluding diaryl/α,β-unsaturated/α-hetero) is 1. The maximum atomic E-state index is 12.7. The molecule has 2 aromatic rings. The van der Waals surface area contributed by atoms with Crippen LogP contribution in [0, 0.1) is 5.41 Å². The van der Waals surface area contributed by atoms with E-state index < -0.39 is 0 Å². The average molecular weight is 322 g/mol. The molecule has 1 aliphatic carbocycles. The Bertz CT molecular complexity index is 629. The molecule has 1 N–H and O–H groups in total. The van der Waals surface area contributed by atoms with E-state index in [4.69, 9.17) is 0 Å². The number of aromatic nitrogens is 3. The quantitative estimate of drug-likeness (QED) is 0.854. The van der Waals surface area contributed by atoms with E-state index in [0.29, 0.717) is 15.9 Å². The van der Waals surface area contributed by atoms with Crippen LogP contribution < -0.4 is 0 Å². The van der Waals surface area contributed by atoms with Crippen molar-refractivity contribution in [2.75, 3.05) is 0 Å². The number of hydrogen-bond acceptors (Lipinski definition) is 3. The first kappa shape index (κ1) is 12.8. The summed E-state index contributed by atoms with van der Waals surface area (Å²) in [6, 6.07) is 1.81. The average Bonchev–Trinajstić information content (AvgIpc) is 2.81. The molecule has 0 bridgehead atoms. The van der Waals surface area contributed by atoms with E-state index >= 15 is 0 Å². The number of ketones is 1. The van der Waals surface area contributed by atoms with Gasteiger partial charge in [0.1, 0.15) is 10.1 Å². The molecule has 0 atom stereocenters. The maximum Gasteiger partial charge on any atom is 0.184 e. The third-order valence-electron chi connectivity index (χ3n) is 4.05. The molecule has 2 aromatic heterocycles. The van der Waals surface area contributed by atoms with Crippen molar-refractivity contribution >= 4 is 32.9 Å². The van der Waals surface area contributed by atoms with E-state index in [-0.39, 0.29) is 11.2 Å². The highest BCUT2D eigenvalue weighted by Crippen LogP contribution is 2.38. The lowest BCUT2D eigenvalue weighted by Gasteiger charge is -2.31. The normalized spacial score (nSPS) is 18.6. The molecule has 0 spiro atoms. The van der Waals surface area contributed by atoms with Crippen LogP contribution in [0.4, 0.5) is 0 Å². The summed E-state index contributed by atoms with van der Waals surface area (Å²) < 4.78 is 0.682. The second-order valence-electron chi connectivity index (χ2n) is 5.56. The summed E-state index contributed by atoms with van der Waals surface area (Å²) in [5.41, 5.74) is 1.82. The molecule has 1 fully saturated rings. The number of rotatable bonds is 2. The van der Waals surface area contributed by atoms with Crippen molar-refractivity contribution in [3.63, 3.8) is 0 Å². The monoisotopic (exact) mass is 321 g/mol. The van der Waals surface area contributed by atoms with Crippen molar-refractivity contribution < 1.29 is 4.79 Å². The van der Waals surface area contributed by atoms with E-state index in [0.717, 1.165) is 31.2 Å². The zero-order chi connectivity index (χ0) is 13.5. The zero-order valence-corrected chi connectivity index (χ0v) is 12.5. The van der Waals surface area contributed by atoms with Gasteiger partial charge in [0.25, 0.3) is 0 Å². The van der Waals surface area contributed by atoms with Crippen LogP contribution in [-0.2, 0) is 0 Å². The summed E-state index contributed by atoms with van der Waals surface area (Å²) in [4.78, 5) is 24.3. The predicted molar refractivity (Wildman–Crippen MR) is 77.1 cm³/mol. The second kappa shape index (κ2) is 4.71. The second-order valence-corrected chi connectivity index (χ2v) is 6.37. The Morgan fingerprint density at radius 3 is 2.84 bits per heavy atom. The van der Waals surface area contributed by atoms with E-state index in [9.17, 15) is 4.79 Å². The van der Waals surface area contributed by atoms with Crippen molar-refractivity contribution in [2.45, 2.75) is 39.0 Å². The van der Waals surface area contributed by atoms with Gasteiger partial charge in [0.05, 0.1) is 11.9 Å². The summed E-state index contributed by atoms with van der Waals surface area (Å²) in [6.07, 6.45) is 7.12. The molecule has 1 saturated carbocycles. The van der Waals surface area contributed by atoms with Crippen LogP contribution >= 0.6 is 15.9 Å². The molecule has 0 aromatic carbocycles. The minimum absolute atomic E-state index is 0.197. The zero-order valence-electron chi connectivity index (χ0n) is 10.9. The summed E-state index contributed by atoms with van der Waals surface area (Å²) in [7, 11) is 0. The molecule has 19 heavy (non-hydrogen) atoms. The number of carbonyl (C=O) groups excluding carboxylic acids is 1. The Balaban J connectivity index is 1.97. The van der Waals surface area contributed by atoms with E-state index in [1.54, 1.807) is 6.20 Å². The first-order valence-electron chi connectivity index (χ1n) is 6.65. The molecule has 0 amide bonds. The van der Waals surface area contributed by atoms with Crippen molar-refractivity contribution in [2.24, 2.45) is 5.41 Å². The number of nitrogens with one attached hydrogen (secondary N) is 1. The highest BCUT2D eigenvalue weighted by Gasteiger charge is 2.35. The topological polar surface area (TPSA) is 58.6 Å². The van der Waals surface area contributed by atoms with Gasteiger partial charge in [-0.3, -0.25) is 4.79 Å². The van der Waals surface area contributed by atoms with Crippen molar-refractivity contribution in [1.29, 1.82) is 0 Å². The van der Waals surface area contributed by atoms with Crippen LogP contribution in [0.2, 0.25) is 0 Å². The standard InChI is InChI=1S/C14H16BrN3O/c1-14(5-3-2-4-6-14)12(19)9-7-10-13(18-9)16-8-11(15)17-10/h7-8H,2-6H2,1H3,(H,16,18). The molecule has 0 aliphatic heterocycles. The molecule has 0 saturated heterocycles. The Morgan fingerprint density at radius 1 is 1.37 bits per heavy atom. The minimum atomic E-state index is -0.226. The number of halogens is 1. The molecular formula is C14H16BrN3O. The molecule has 3 rings (SSSR count). The molecule has 4 nitrogen and oxygen atoms in total. The van der Waals surface area contributed by atoms with Gasteiger partial charge >= 0.3 is 0 Å². The van der Waals surface area contributed by atoms with Crippen molar-refractivity contribution in [3.8, 4) is 0 Å². The molecule has 100 valence electrons. The molecule has 0 unspecified atom stereocenters. The van der Waals surface area contributed by atoms with Crippen LogP contribution in [0.25, 0.3) is 11.2 Å². The number of fused-ring (bicyclic) bond motifs is 1. The van der Waals surface area contributed by atoms with Gasteiger partial charge in [-0.1, -0.05) is 26.2 Å². The van der Waals surface area contributed by atoms with Crippen LogP contribution in [0.5, 0.6) is 0 Å². The first-order valence-corrected chi connectivity index (χ1v) is 7.44. The van der Waals surface area contributed by atoms with Crippen molar-refractivity contribution in [3.05, 3.63) is 22.6 Å². The van der Waals surface area contributed by atoms with E-state index in [1.165, 1.54) is 6.42 Å². The fraction of sp³-hybridized carbons (Fsp3) is 0.500. The smallest absolute Gasteiger partial charge is 0.184 e. The Kier molecular flexibility index (Phi) is 3.17. The minimum Gasteiger partial charge on any atom is -0.335 e. The Morgan fingerprint density at radius 2 is 2.11 bits per heavy atom. The maximum absolute atomic E-state index is 12.7. The third kappa shape index (κ3) is 2.31. The van der Waals surface area contributed by atoms with Gasteiger partial charge in [0.15, 0.2) is 11.4 Å². The van der Waals surface area contributed by atoms with Gasteiger partial charge in [0, 0.05) is 5.41 Å². The number of carbonyl (C=O) groups is 1. The number of aromatic amines is 1. The highest BCUT2D eigenvalue weighted by atomic mass is 79.9. The van der Waals surface area contributed by atoms with Gasteiger partial charge < -0.3 is 4.98 Å². The van der Waals surface area contributed by atoms with Gasteiger partial charge in [-0.15, -0.1) is 0 Å². The third-order valence-corrected chi connectivity index (χ3v) is 4.44. The lowest BCUT2D eigenvalue weighted by atomic mass is 9.72. The summed E-state index contributed by atoms with van der Waals surface area (Å²) >= 11 is 3.29. The Hall–Kier alpha value is -1.23. The van der Waals surface area contributed by atoms with E-state index in [1.807, 2.05) is 6.07 Å². The molecule has 1 aliphatic rings. The Labute approximate surface area is 120 Å². The van der Waals surface area contributed by atoms with Gasteiger partial charge in [-0.05, 0) is 34.8 Å². The molecule has 0 radical (unpaired) electrons. The summed E-state index contributed by atoms with van der Waals surface area (Å²) in [6.45, 7) is 2.08. The first-order chi connectivity index (χ1) is 9.08. The molecule has 2 heterocycles. The largest absolute Gasteiger partial charge is 0.335 e. The predicted octanol–water partition coefficient (Wildman–Crippen LogP) is 3.87. The highest BCUT2D eigenvalue weighted by molar-refractivity contribution is 9.10. The number of hydrogen-bond donors (Lipinski definition) is 1. The van der Waals surface area contributed by atoms with Gasteiger partial charge in [-0.2, -0.15) is 0 Å². The SMILES string of the molecule is CC1(C(=O)c2cc3nc(Br)cnc3[nH]2)CCCCC1. The summed E-state index contributed by atoms with van der Waals surface area (Å²) in [5, 5.41) is 0. The fourth-order valence-electron chi connectivity index (χ4n) is 2.88. The fourth-order valence-corrected chi connectivity index (χ4v) is 3.18. The van der Waals surface area contributed by atoms with Crippen molar-refractivity contribution in [1.82, 2.24) is 15.0 Å². The summed E-state index contributed by atoms with van der Waals surface area (Å²) in [5.74, 6) is 0.197. The van der Waals surface area contributed by atoms with Crippen LogP contribution in [0.3, 0.4) is 0 Å². The van der Waals surface area contributed by atoms with Crippen LogP contribution in [-0.4, -0.2) is 20.7 Å². The lowest BCUT2D eigenvalue weighted by Crippen LogP contribution is -2.30. The molecular weight excluding hydrogens is 306 g/mol. The lowest BCUT2D eigenvalue weighted by molar-refractivity contribution is 0.0745.